The number of nitrogens with one attached hydrogen (secondary N) is 1. The summed E-state index contributed by atoms with van der Waals surface area (Å²) in [6.07, 6.45) is 0. The normalized spacial score (nSPS) is 10.3. The molecule has 0 aliphatic heterocycles. The molecule has 3 aromatic rings. The van der Waals surface area contributed by atoms with E-state index in [1.165, 1.54) is 0 Å². The van der Waals surface area contributed by atoms with Gasteiger partial charge >= 0.3 is 0 Å². The minimum atomic E-state index is 0.601. The smallest absolute Gasteiger partial charge is 0.247 e. The van der Waals surface area contributed by atoms with Gasteiger partial charge in [0.05, 0.1) is 13.7 Å². The zero-order valence-corrected chi connectivity index (χ0v) is 11.6. The van der Waals surface area contributed by atoms with Crippen LogP contribution in [0.1, 0.15) is 5.56 Å². The molecular weight excluding hydrogens is 266 g/mol. The molecule has 0 atom stereocenters. The Morgan fingerprint density at radius 3 is 2.52 bits per heavy atom. The number of ether oxygens (including phenoxy) is 1. The summed E-state index contributed by atoms with van der Waals surface area (Å²) in [5.41, 5.74) is 2.04. The third-order valence-electron chi connectivity index (χ3n) is 3.05. The van der Waals surface area contributed by atoms with Crippen molar-refractivity contribution in [3.63, 3.8) is 0 Å². The van der Waals surface area contributed by atoms with Crippen molar-refractivity contribution in [1.29, 1.82) is 0 Å². The van der Waals surface area contributed by atoms with E-state index in [9.17, 15) is 0 Å². The Bertz CT molecular complexity index is 694. The summed E-state index contributed by atoms with van der Waals surface area (Å²) in [6, 6.07) is 17.7. The fraction of sp³-hybridized carbons (Fsp3) is 0.133. The summed E-state index contributed by atoms with van der Waals surface area (Å²) in [4.78, 5) is 0. The zero-order valence-electron chi connectivity index (χ0n) is 11.6. The van der Waals surface area contributed by atoms with E-state index in [4.69, 9.17) is 4.74 Å². The van der Waals surface area contributed by atoms with Crippen LogP contribution in [-0.4, -0.2) is 27.3 Å². The van der Waals surface area contributed by atoms with Crippen molar-refractivity contribution in [3.05, 3.63) is 60.2 Å². The Balaban J connectivity index is 1.75. The van der Waals surface area contributed by atoms with E-state index in [-0.39, 0.29) is 0 Å². The highest BCUT2D eigenvalue weighted by atomic mass is 16.5. The molecule has 0 aliphatic rings. The zero-order chi connectivity index (χ0) is 14.5. The van der Waals surface area contributed by atoms with Gasteiger partial charge in [0.15, 0.2) is 0 Å². The van der Waals surface area contributed by atoms with Crippen LogP contribution in [0.5, 0.6) is 5.75 Å². The largest absolute Gasteiger partial charge is 0.497 e. The lowest BCUT2D eigenvalue weighted by atomic mass is 10.2. The quantitative estimate of drug-likeness (QED) is 0.778. The number of hydrogen-bond acceptors (Lipinski definition) is 5. The summed E-state index contributed by atoms with van der Waals surface area (Å²) in [5, 5.41) is 14.9. The highest BCUT2D eigenvalue weighted by Gasteiger charge is 2.06. The maximum Gasteiger partial charge on any atom is 0.247 e. The Morgan fingerprint density at radius 1 is 1.05 bits per heavy atom. The van der Waals surface area contributed by atoms with Crippen LogP contribution in [0.15, 0.2) is 54.6 Å². The van der Waals surface area contributed by atoms with Crippen molar-refractivity contribution in [2.24, 2.45) is 0 Å². The van der Waals surface area contributed by atoms with E-state index in [0.717, 1.165) is 17.0 Å². The van der Waals surface area contributed by atoms with Crippen molar-refractivity contribution in [2.45, 2.75) is 6.54 Å². The average Bonchev–Trinajstić information content (AvgIpc) is 2.96. The second-order valence-corrected chi connectivity index (χ2v) is 4.50. The third-order valence-corrected chi connectivity index (χ3v) is 3.05. The molecule has 21 heavy (non-hydrogen) atoms. The highest BCUT2D eigenvalue weighted by molar-refractivity contribution is 5.54. The number of tetrazole rings is 1. The molecule has 3 rings (SSSR count). The molecule has 0 unspecified atom stereocenters. The first-order chi connectivity index (χ1) is 10.3. The minimum Gasteiger partial charge on any atom is -0.497 e. The minimum absolute atomic E-state index is 0.601. The van der Waals surface area contributed by atoms with E-state index in [1.54, 1.807) is 11.8 Å². The fourth-order valence-corrected chi connectivity index (χ4v) is 1.96. The molecule has 1 aromatic heterocycles. The summed E-state index contributed by atoms with van der Waals surface area (Å²) in [6.45, 7) is 0.617. The highest BCUT2D eigenvalue weighted by Crippen LogP contribution is 2.18. The molecule has 6 nitrogen and oxygen atoms in total. The predicted molar refractivity (Wildman–Crippen MR) is 79.6 cm³/mol. The number of aromatic nitrogens is 4. The SMILES string of the molecule is COc1ccc(Nc2nnnn2Cc2ccccc2)cc1. The monoisotopic (exact) mass is 281 g/mol. The fourth-order valence-electron chi connectivity index (χ4n) is 1.96. The Hall–Kier alpha value is -2.89. The van der Waals surface area contributed by atoms with Gasteiger partial charge in [0.2, 0.25) is 5.95 Å². The standard InChI is InChI=1S/C15H15N5O/c1-21-14-9-7-13(8-10-14)16-15-17-18-19-20(15)11-12-5-3-2-4-6-12/h2-10H,11H2,1H3,(H,16,17,19). The molecule has 0 bridgehead atoms. The lowest BCUT2D eigenvalue weighted by molar-refractivity contribution is 0.415. The summed E-state index contributed by atoms with van der Waals surface area (Å²) in [5.74, 6) is 1.41. The van der Waals surface area contributed by atoms with Crippen molar-refractivity contribution >= 4 is 11.6 Å². The second kappa shape index (κ2) is 6.04. The summed E-state index contributed by atoms with van der Waals surface area (Å²) in [7, 11) is 1.64. The molecule has 1 heterocycles. The van der Waals surface area contributed by atoms with E-state index in [0.29, 0.717) is 12.5 Å². The number of rotatable bonds is 5. The van der Waals surface area contributed by atoms with Crippen molar-refractivity contribution in [2.75, 3.05) is 12.4 Å². The van der Waals surface area contributed by atoms with Gasteiger partial charge in [-0.3, -0.25) is 0 Å². The van der Waals surface area contributed by atoms with Crippen LogP contribution in [0.2, 0.25) is 0 Å². The van der Waals surface area contributed by atoms with Gasteiger partial charge in [-0.15, -0.1) is 0 Å². The molecule has 6 heteroatoms. The molecule has 0 saturated carbocycles. The molecule has 2 aromatic carbocycles. The van der Waals surface area contributed by atoms with Crippen molar-refractivity contribution in [3.8, 4) is 5.75 Å². The summed E-state index contributed by atoms with van der Waals surface area (Å²) >= 11 is 0. The van der Waals surface area contributed by atoms with Crippen LogP contribution >= 0.6 is 0 Å². The van der Waals surface area contributed by atoms with Gasteiger partial charge in [0, 0.05) is 5.69 Å². The molecule has 0 saturated heterocycles. The van der Waals surface area contributed by atoms with Crippen LogP contribution in [0.3, 0.4) is 0 Å². The van der Waals surface area contributed by atoms with Crippen molar-refractivity contribution in [1.82, 2.24) is 20.2 Å². The van der Waals surface area contributed by atoms with Crippen LogP contribution < -0.4 is 10.1 Å². The Labute approximate surface area is 122 Å². The topological polar surface area (TPSA) is 64.9 Å². The Morgan fingerprint density at radius 2 is 1.81 bits per heavy atom. The molecular formula is C15H15N5O. The van der Waals surface area contributed by atoms with E-state index in [2.05, 4.69) is 20.8 Å². The number of anilines is 2. The van der Waals surface area contributed by atoms with Crippen LogP contribution in [0, 0.1) is 0 Å². The number of nitrogens with zero attached hydrogens (tertiary/aromatic N) is 4. The molecule has 106 valence electrons. The van der Waals surface area contributed by atoms with Crippen LogP contribution in [0.25, 0.3) is 0 Å². The van der Waals surface area contributed by atoms with E-state index >= 15 is 0 Å². The Kier molecular flexibility index (Phi) is 3.77. The number of methoxy groups -OCH3 is 1. The first kappa shape index (κ1) is 13.1. The van der Waals surface area contributed by atoms with Crippen molar-refractivity contribution < 1.29 is 4.74 Å². The molecule has 0 radical (unpaired) electrons. The lowest BCUT2D eigenvalue weighted by Crippen LogP contribution is -2.06. The van der Waals surface area contributed by atoms with Gasteiger partial charge in [0.1, 0.15) is 5.75 Å². The maximum absolute atomic E-state index is 5.13. The predicted octanol–water partition coefficient (Wildman–Crippen LogP) is 2.47. The molecule has 0 aliphatic carbocycles. The maximum atomic E-state index is 5.13. The first-order valence-corrected chi connectivity index (χ1v) is 6.56. The van der Waals surface area contributed by atoms with E-state index < -0.39 is 0 Å². The van der Waals surface area contributed by atoms with Gasteiger partial charge in [0.25, 0.3) is 0 Å². The molecule has 0 spiro atoms. The first-order valence-electron chi connectivity index (χ1n) is 6.56. The molecule has 1 N–H and O–H groups in total. The van der Waals surface area contributed by atoms with Crippen LogP contribution in [0.4, 0.5) is 11.6 Å². The van der Waals surface area contributed by atoms with Gasteiger partial charge in [-0.05, 0) is 40.3 Å². The number of hydrogen-bond donors (Lipinski definition) is 1. The second-order valence-electron chi connectivity index (χ2n) is 4.50. The van der Waals surface area contributed by atoms with Crippen LogP contribution in [-0.2, 0) is 6.54 Å². The lowest BCUT2D eigenvalue weighted by Gasteiger charge is -2.07. The van der Waals surface area contributed by atoms with Gasteiger partial charge in [-0.25, -0.2) is 4.68 Å². The van der Waals surface area contributed by atoms with E-state index in [1.807, 2.05) is 54.6 Å². The molecule has 0 fully saturated rings. The van der Waals surface area contributed by atoms with Gasteiger partial charge in [-0.1, -0.05) is 35.4 Å². The third kappa shape index (κ3) is 3.17. The summed E-state index contributed by atoms with van der Waals surface area (Å²) < 4.78 is 6.86. The molecule has 0 amide bonds. The number of benzene rings is 2. The van der Waals surface area contributed by atoms with Gasteiger partial charge < -0.3 is 10.1 Å². The average molecular weight is 281 g/mol. The van der Waals surface area contributed by atoms with Gasteiger partial charge in [-0.2, -0.15) is 0 Å².